The van der Waals surface area contributed by atoms with Crippen molar-refractivity contribution in [2.45, 2.75) is 19.0 Å². The van der Waals surface area contributed by atoms with Crippen LogP contribution in [0.1, 0.15) is 12.2 Å². The molecule has 15 heavy (non-hydrogen) atoms. The molecule has 0 aliphatic heterocycles. The second-order valence-corrected chi connectivity index (χ2v) is 3.08. The third-order valence-electron chi connectivity index (χ3n) is 1.85. The predicted molar refractivity (Wildman–Crippen MR) is 54.0 cm³/mol. The van der Waals surface area contributed by atoms with E-state index in [1.54, 1.807) is 18.5 Å². The summed E-state index contributed by atoms with van der Waals surface area (Å²) in [5.74, 6) is -0.297. The van der Waals surface area contributed by atoms with Gasteiger partial charge in [-0.3, -0.25) is 4.79 Å². The molecule has 6 nitrogen and oxygen atoms in total. The number of carbonyl (C=O) groups is 1. The van der Waals surface area contributed by atoms with Gasteiger partial charge in [0.1, 0.15) is 11.9 Å². The highest BCUT2D eigenvalue weighted by molar-refractivity contribution is 5.72. The Kier molecular flexibility index (Phi) is 4.65. The van der Waals surface area contributed by atoms with Crippen LogP contribution in [0, 0.1) is 0 Å². The van der Waals surface area contributed by atoms with Gasteiger partial charge in [0.25, 0.3) is 0 Å². The number of carboxylic acid groups (broad SMARTS) is 1. The van der Waals surface area contributed by atoms with Gasteiger partial charge in [0.2, 0.25) is 0 Å². The molecule has 1 heterocycles. The fourth-order valence-corrected chi connectivity index (χ4v) is 1.00. The van der Waals surface area contributed by atoms with Gasteiger partial charge in [-0.25, -0.2) is 9.97 Å². The number of aliphatic carboxylic acids is 1. The van der Waals surface area contributed by atoms with Gasteiger partial charge in [0.15, 0.2) is 0 Å². The van der Waals surface area contributed by atoms with E-state index in [4.69, 9.17) is 10.8 Å². The van der Waals surface area contributed by atoms with Crippen molar-refractivity contribution in [3.05, 3.63) is 24.3 Å². The van der Waals surface area contributed by atoms with E-state index in [1.807, 2.05) is 0 Å². The zero-order valence-corrected chi connectivity index (χ0v) is 8.26. The molecule has 0 aromatic carbocycles. The summed E-state index contributed by atoms with van der Waals surface area (Å²) in [7, 11) is 0. The van der Waals surface area contributed by atoms with E-state index < -0.39 is 12.0 Å². The van der Waals surface area contributed by atoms with E-state index in [9.17, 15) is 4.79 Å². The Morgan fingerprint density at radius 2 is 2.20 bits per heavy atom. The van der Waals surface area contributed by atoms with Crippen LogP contribution >= 0.6 is 0 Å². The second-order valence-electron chi connectivity index (χ2n) is 3.08. The molecule has 0 aliphatic rings. The summed E-state index contributed by atoms with van der Waals surface area (Å²) >= 11 is 0. The van der Waals surface area contributed by atoms with Gasteiger partial charge in [-0.2, -0.15) is 0 Å². The number of hydrogen-bond acceptors (Lipinski definition) is 5. The van der Waals surface area contributed by atoms with Crippen LogP contribution in [0.2, 0.25) is 0 Å². The lowest BCUT2D eigenvalue weighted by Crippen LogP contribution is -2.33. The average Bonchev–Trinajstić information content (AvgIpc) is 2.25. The lowest BCUT2D eigenvalue weighted by atomic mass is 10.2. The number of carboxylic acids is 1. The maximum Gasteiger partial charge on any atom is 0.320 e. The smallest absolute Gasteiger partial charge is 0.320 e. The van der Waals surface area contributed by atoms with Gasteiger partial charge >= 0.3 is 5.97 Å². The first-order chi connectivity index (χ1) is 7.20. The van der Waals surface area contributed by atoms with Crippen molar-refractivity contribution in [1.82, 2.24) is 15.3 Å². The summed E-state index contributed by atoms with van der Waals surface area (Å²) in [6.45, 7) is 1.05. The molecule has 0 bridgehead atoms. The standard InChI is InChI=1S/C9H14N4O2/c10-7(9(14)15)2-5-11-6-8-12-3-1-4-13-8/h1,3-4,7,11H,2,5-6,10H2,(H,14,15). The molecule has 1 aromatic rings. The number of nitrogens with two attached hydrogens (primary N) is 1. The topological polar surface area (TPSA) is 101 Å². The summed E-state index contributed by atoms with van der Waals surface area (Å²) < 4.78 is 0. The molecule has 0 saturated heterocycles. The molecule has 0 radical (unpaired) electrons. The molecule has 1 atom stereocenters. The fraction of sp³-hybridized carbons (Fsp3) is 0.444. The number of aromatic nitrogens is 2. The molecule has 0 saturated carbocycles. The first-order valence-electron chi connectivity index (χ1n) is 4.65. The Balaban J connectivity index is 2.15. The lowest BCUT2D eigenvalue weighted by molar-refractivity contribution is -0.138. The van der Waals surface area contributed by atoms with Crippen molar-refractivity contribution in [3.8, 4) is 0 Å². The van der Waals surface area contributed by atoms with Crippen LogP contribution in [-0.2, 0) is 11.3 Å². The molecule has 4 N–H and O–H groups in total. The van der Waals surface area contributed by atoms with Crippen LogP contribution in [0.15, 0.2) is 18.5 Å². The average molecular weight is 210 g/mol. The Morgan fingerprint density at radius 1 is 1.53 bits per heavy atom. The molecule has 1 aromatic heterocycles. The van der Waals surface area contributed by atoms with Gasteiger partial charge in [0, 0.05) is 12.4 Å². The maximum atomic E-state index is 10.4. The number of nitrogens with zero attached hydrogens (tertiary/aromatic N) is 2. The molecule has 0 aliphatic carbocycles. The maximum absolute atomic E-state index is 10.4. The van der Waals surface area contributed by atoms with Gasteiger partial charge < -0.3 is 16.2 Å². The van der Waals surface area contributed by atoms with Crippen molar-refractivity contribution in [1.29, 1.82) is 0 Å². The first-order valence-corrected chi connectivity index (χ1v) is 4.65. The van der Waals surface area contributed by atoms with Crippen LogP contribution in [0.5, 0.6) is 0 Å². The Hall–Kier alpha value is -1.53. The van der Waals surface area contributed by atoms with E-state index in [-0.39, 0.29) is 0 Å². The van der Waals surface area contributed by atoms with Crippen molar-refractivity contribution >= 4 is 5.97 Å². The molecule has 1 unspecified atom stereocenters. The van der Waals surface area contributed by atoms with Crippen molar-refractivity contribution in [2.24, 2.45) is 5.73 Å². The zero-order valence-electron chi connectivity index (χ0n) is 8.26. The Morgan fingerprint density at radius 3 is 2.80 bits per heavy atom. The molecule has 82 valence electrons. The molecule has 0 spiro atoms. The van der Waals surface area contributed by atoms with E-state index in [0.29, 0.717) is 25.3 Å². The van der Waals surface area contributed by atoms with Gasteiger partial charge in [-0.15, -0.1) is 0 Å². The van der Waals surface area contributed by atoms with Gasteiger partial charge in [0.05, 0.1) is 6.54 Å². The van der Waals surface area contributed by atoms with Gasteiger partial charge in [-0.05, 0) is 19.0 Å². The molecular weight excluding hydrogens is 196 g/mol. The van der Waals surface area contributed by atoms with Crippen molar-refractivity contribution in [2.75, 3.05) is 6.54 Å². The van der Waals surface area contributed by atoms with E-state index in [2.05, 4.69) is 15.3 Å². The molecule has 6 heteroatoms. The minimum Gasteiger partial charge on any atom is -0.480 e. The predicted octanol–water partition coefficient (Wildman–Crippen LogP) is -0.632. The Labute approximate surface area is 87.5 Å². The second kappa shape index (κ2) is 6.05. The molecular formula is C9H14N4O2. The van der Waals surface area contributed by atoms with Crippen molar-refractivity contribution < 1.29 is 9.90 Å². The minimum atomic E-state index is -0.979. The van der Waals surface area contributed by atoms with Crippen molar-refractivity contribution in [3.63, 3.8) is 0 Å². The molecule has 0 fully saturated rings. The summed E-state index contributed by atoms with van der Waals surface area (Å²) in [6.07, 6.45) is 3.71. The SMILES string of the molecule is NC(CCNCc1ncccn1)C(=O)O. The first kappa shape index (κ1) is 11.5. The summed E-state index contributed by atoms with van der Waals surface area (Å²) in [5, 5.41) is 11.5. The van der Waals surface area contributed by atoms with Gasteiger partial charge in [-0.1, -0.05) is 0 Å². The highest BCUT2D eigenvalue weighted by atomic mass is 16.4. The summed E-state index contributed by atoms with van der Waals surface area (Å²) in [5.41, 5.74) is 5.33. The number of hydrogen-bond donors (Lipinski definition) is 3. The summed E-state index contributed by atoms with van der Waals surface area (Å²) in [4.78, 5) is 18.4. The minimum absolute atomic E-state index is 0.391. The zero-order chi connectivity index (χ0) is 11.1. The van der Waals surface area contributed by atoms with E-state index >= 15 is 0 Å². The normalized spacial score (nSPS) is 12.3. The lowest BCUT2D eigenvalue weighted by Gasteiger charge is -2.06. The van der Waals surface area contributed by atoms with Crippen LogP contribution in [-0.4, -0.2) is 33.6 Å². The quantitative estimate of drug-likeness (QED) is 0.540. The van der Waals surface area contributed by atoms with Crippen LogP contribution < -0.4 is 11.1 Å². The Bertz CT molecular complexity index is 304. The number of rotatable bonds is 6. The third kappa shape index (κ3) is 4.48. The largest absolute Gasteiger partial charge is 0.480 e. The highest BCUT2D eigenvalue weighted by Crippen LogP contribution is 1.89. The van der Waals surface area contributed by atoms with E-state index in [0.717, 1.165) is 0 Å². The van der Waals surface area contributed by atoms with Crippen LogP contribution in [0.4, 0.5) is 0 Å². The molecule has 1 rings (SSSR count). The highest BCUT2D eigenvalue weighted by Gasteiger charge is 2.09. The van der Waals surface area contributed by atoms with Crippen LogP contribution in [0.25, 0.3) is 0 Å². The monoisotopic (exact) mass is 210 g/mol. The summed E-state index contributed by atoms with van der Waals surface area (Å²) in [6, 6.07) is 0.929. The van der Waals surface area contributed by atoms with E-state index in [1.165, 1.54) is 0 Å². The molecule has 0 amide bonds. The third-order valence-corrected chi connectivity index (χ3v) is 1.85. The fourth-order valence-electron chi connectivity index (χ4n) is 1.00. The van der Waals surface area contributed by atoms with Crippen LogP contribution in [0.3, 0.4) is 0 Å². The number of nitrogens with one attached hydrogen (secondary N) is 1.